The normalized spacial score (nSPS) is 15.2. The van der Waals surface area contributed by atoms with Crippen molar-refractivity contribution in [2.24, 2.45) is 23.3 Å². The van der Waals surface area contributed by atoms with Crippen molar-refractivity contribution < 1.29 is 29.1 Å². The van der Waals surface area contributed by atoms with Gasteiger partial charge in [-0.3, -0.25) is 19.2 Å². The van der Waals surface area contributed by atoms with E-state index in [0.29, 0.717) is 6.42 Å². The Hall–Kier alpha value is -2.69. The third kappa shape index (κ3) is 9.88. The van der Waals surface area contributed by atoms with Gasteiger partial charge in [-0.15, -0.1) is 0 Å². The summed E-state index contributed by atoms with van der Waals surface area (Å²) in [6, 6.07) is -4.32. The number of carboxylic acid groups (broad SMARTS) is 1. The maximum atomic E-state index is 12.5. The lowest BCUT2D eigenvalue weighted by Crippen LogP contribution is -2.58. The van der Waals surface area contributed by atoms with Crippen molar-refractivity contribution in [1.29, 1.82) is 0 Å². The topological polar surface area (TPSA) is 194 Å². The fourth-order valence-electron chi connectivity index (χ4n) is 2.48. The molecule has 8 N–H and O–H groups in total. The third-order valence-corrected chi connectivity index (χ3v) is 4.08. The molecule has 166 valence electrons. The molecule has 11 heteroatoms. The molecule has 0 bridgehead atoms. The number of nitrogens with two attached hydrogens (primary N) is 2. The van der Waals surface area contributed by atoms with E-state index >= 15 is 0 Å². The van der Waals surface area contributed by atoms with Crippen LogP contribution in [0.3, 0.4) is 0 Å². The van der Waals surface area contributed by atoms with E-state index in [2.05, 4.69) is 16.0 Å². The first-order valence-corrected chi connectivity index (χ1v) is 9.44. The Kier molecular flexibility index (Phi) is 10.9. The number of carboxylic acids is 1. The van der Waals surface area contributed by atoms with Gasteiger partial charge in [0.05, 0.1) is 12.5 Å². The van der Waals surface area contributed by atoms with Crippen LogP contribution in [0.25, 0.3) is 0 Å². The average Bonchev–Trinajstić information content (AvgIpc) is 2.56. The lowest BCUT2D eigenvalue weighted by atomic mass is 10.00. The van der Waals surface area contributed by atoms with E-state index in [-0.39, 0.29) is 11.8 Å². The van der Waals surface area contributed by atoms with Crippen molar-refractivity contribution in [3.05, 3.63) is 0 Å². The van der Waals surface area contributed by atoms with Crippen LogP contribution >= 0.6 is 0 Å². The fraction of sp³-hybridized carbons (Fsp3) is 0.722. The predicted octanol–water partition coefficient (Wildman–Crippen LogP) is -1.55. The number of primary amides is 1. The third-order valence-electron chi connectivity index (χ3n) is 4.08. The zero-order valence-corrected chi connectivity index (χ0v) is 17.5. The van der Waals surface area contributed by atoms with Crippen LogP contribution in [-0.2, 0) is 24.0 Å². The number of carbonyl (C=O) groups is 5. The van der Waals surface area contributed by atoms with Gasteiger partial charge in [0.2, 0.25) is 23.6 Å². The Morgan fingerprint density at radius 3 is 1.83 bits per heavy atom. The van der Waals surface area contributed by atoms with Crippen LogP contribution in [0, 0.1) is 11.8 Å². The molecule has 0 aliphatic rings. The van der Waals surface area contributed by atoms with Gasteiger partial charge in [-0.25, -0.2) is 4.79 Å². The van der Waals surface area contributed by atoms with Crippen LogP contribution in [0.5, 0.6) is 0 Å². The molecule has 0 saturated carbocycles. The number of amides is 4. The molecule has 0 radical (unpaired) electrons. The molecule has 0 aliphatic heterocycles. The first kappa shape index (κ1) is 26.3. The van der Waals surface area contributed by atoms with Gasteiger partial charge in [-0.05, 0) is 25.2 Å². The highest BCUT2D eigenvalue weighted by atomic mass is 16.4. The summed E-state index contributed by atoms with van der Waals surface area (Å²) in [5.41, 5.74) is 10.8. The van der Waals surface area contributed by atoms with E-state index < -0.39 is 60.2 Å². The van der Waals surface area contributed by atoms with Crippen molar-refractivity contribution in [2.75, 3.05) is 0 Å². The van der Waals surface area contributed by atoms with Gasteiger partial charge in [0.1, 0.15) is 18.1 Å². The summed E-state index contributed by atoms with van der Waals surface area (Å²) in [5.74, 6) is -4.31. The van der Waals surface area contributed by atoms with Crippen LogP contribution in [0.4, 0.5) is 0 Å². The number of hydrogen-bond acceptors (Lipinski definition) is 6. The Balaban J connectivity index is 5.00. The smallest absolute Gasteiger partial charge is 0.326 e. The summed E-state index contributed by atoms with van der Waals surface area (Å²) >= 11 is 0. The van der Waals surface area contributed by atoms with Crippen LogP contribution in [-0.4, -0.2) is 58.9 Å². The zero-order valence-electron chi connectivity index (χ0n) is 17.5. The van der Waals surface area contributed by atoms with Gasteiger partial charge in [-0.2, -0.15) is 0 Å². The minimum Gasteiger partial charge on any atom is -0.480 e. The SMILES string of the molecule is CC(C)CC(N)C(=O)NC(C(=O)NC(C)C(=O)NC(CC(N)=O)C(=O)O)C(C)C. The van der Waals surface area contributed by atoms with Crippen molar-refractivity contribution in [3.8, 4) is 0 Å². The molecule has 0 heterocycles. The summed E-state index contributed by atoms with van der Waals surface area (Å²) in [4.78, 5) is 59.0. The Morgan fingerprint density at radius 2 is 1.41 bits per heavy atom. The molecule has 4 amide bonds. The number of carbonyl (C=O) groups excluding carboxylic acids is 4. The predicted molar refractivity (Wildman–Crippen MR) is 105 cm³/mol. The molecule has 0 aromatic carbocycles. The maximum absolute atomic E-state index is 12.5. The highest BCUT2D eigenvalue weighted by molar-refractivity contribution is 5.94. The molecule has 0 saturated heterocycles. The second-order valence-electron chi connectivity index (χ2n) is 7.77. The minimum absolute atomic E-state index is 0.202. The van der Waals surface area contributed by atoms with Gasteiger partial charge in [-0.1, -0.05) is 27.7 Å². The van der Waals surface area contributed by atoms with E-state index in [0.717, 1.165) is 0 Å². The van der Waals surface area contributed by atoms with E-state index in [4.69, 9.17) is 16.6 Å². The molecule has 11 nitrogen and oxygen atoms in total. The quantitative estimate of drug-likeness (QED) is 0.222. The lowest BCUT2D eigenvalue weighted by molar-refractivity contribution is -0.143. The summed E-state index contributed by atoms with van der Waals surface area (Å²) in [6.45, 7) is 8.62. The van der Waals surface area contributed by atoms with E-state index in [1.54, 1.807) is 13.8 Å². The molecule has 0 aromatic rings. The fourth-order valence-corrected chi connectivity index (χ4v) is 2.48. The van der Waals surface area contributed by atoms with Crippen molar-refractivity contribution in [3.63, 3.8) is 0 Å². The molecule has 0 aliphatic carbocycles. The highest BCUT2D eigenvalue weighted by Gasteiger charge is 2.30. The second kappa shape index (κ2) is 12.0. The zero-order chi connectivity index (χ0) is 22.9. The molecule has 4 unspecified atom stereocenters. The number of aliphatic carboxylic acids is 1. The molecular formula is C18H33N5O6. The van der Waals surface area contributed by atoms with E-state index in [1.807, 2.05) is 13.8 Å². The molecule has 0 aromatic heterocycles. The first-order chi connectivity index (χ1) is 13.3. The number of hydrogen-bond donors (Lipinski definition) is 6. The van der Waals surface area contributed by atoms with Gasteiger partial charge >= 0.3 is 5.97 Å². The Bertz CT molecular complexity index is 622. The van der Waals surface area contributed by atoms with Gasteiger partial charge in [0.15, 0.2) is 0 Å². The number of nitrogens with one attached hydrogen (secondary N) is 3. The molecule has 0 rings (SSSR count). The lowest BCUT2D eigenvalue weighted by Gasteiger charge is -2.26. The van der Waals surface area contributed by atoms with Crippen LogP contribution < -0.4 is 27.4 Å². The first-order valence-electron chi connectivity index (χ1n) is 9.44. The number of rotatable bonds is 12. The average molecular weight is 415 g/mol. The summed E-state index contributed by atoms with van der Waals surface area (Å²) in [7, 11) is 0. The van der Waals surface area contributed by atoms with Crippen LogP contribution in [0.1, 0.15) is 47.5 Å². The maximum Gasteiger partial charge on any atom is 0.326 e. The standard InChI is InChI=1S/C18H33N5O6/c1-8(2)6-11(19)16(26)23-14(9(3)4)17(27)21-10(5)15(25)22-12(18(28)29)7-13(20)24/h8-12,14H,6-7,19H2,1-5H3,(H2,20,24)(H,21,27)(H,22,25)(H,23,26)(H,28,29). The van der Waals surface area contributed by atoms with Crippen molar-refractivity contribution in [2.45, 2.75) is 71.6 Å². The van der Waals surface area contributed by atoms with Gasteiger partial charge in [0.25, 0.3) is 0 Å². The van der Waals surface area contributed by atoms with E-state index in [1.165, 1.54) is 6.92 Å². The van der Waals surface area contributed by atoms with Crippen LogP contribution in [0.2, 0.25) is 0 Å². The van der Waals surface area contributed by atoms with E-state index in [9.17, 15) is 24.0 Å². The Labute approximate surface area is 170 Å². The minimum atomic E-state index is -1.51. The summed E-state index contributed by atoms with van der Waals surface area (Å²) < 4.78 is 0. The highest BCUT2D eigenvalue weighted by Crippen LogP contribution is 2.06. The van der Waals surface area contributed by atoms with Crippen molar-refractivity contribution >= 4 is 29.6 Å². The van der Waals surface area contributed by atoms with Crippen molar-refractivity contribution in [1.82, 2.24) is 16.0 Å². The molecule has 0 fully saturated rings. The molecule has 29 heavy (non-hydrogen) atoms. The summed E-state index contributed by atoms with van der Waals surface area (Å²) in [6.07, 6.45) is -0.131. The Morgan fingerprint density at radius 1 is 0.862 bits per heavy atom. The van der Waals surface area contributed by atoms with Crippen LogP contribution in [0.15, 0.2) is 0 Å². The van der Waals surface area contributed by atoms with Gasteiger partial charge < -0.3 is 32.5 Å². The molecule has 4 atom stereocenters. The monoisotopic (exact) mass is 415 g/mol. The summed E-state index contributed by atoms with van der Waals surface area (Å²) in [5, 5.41) is 16.2. The molecular weight excluding hydrogens is 382 g/mol. The molecule has 0 spiro atoms. The second-order valence-corrected chi connectivity index (χ2v) is 7.77. The largest absolute Gasteiger partial charge is 0.480 e. The van der Waals surface area contributed by atoms with Gasteiger partial charge in [0, 0.05) is 0 Å².